The van der Waals surface area contributed by atoms with Gasteiger partial charge in [-0.3, -0.25) is 19.2 Å². The Kier molecular flexibility index (Phi) is 7.04. The third-order valence-electron chi connectivity index (χ3n) is 3.29. The van der Waals surface area contributed by atoms with E-state index < -0.39 is 60.2 Å². The average Bonchev–Trinajstić information content (AvgIpc) is 2.43. The summed E-state index contributed by atoms with van der Waals surface area (Å²) in [6, 6.07) is -0.882. The van der Waals surface area contributed by atoms with Gasteiger partial charge >= 0.3 is 23.9 Å². The van der Waals surface area contributed by atoms with Crippen molar-refractivity contribution in [2.24, 2.45) is 0 Å². The average molecular weight is 359 g/mol. The van der Waals surface area contributed by atoms with Crippen molar-refractivity contribution >= 4 is 29.8 Å². The second-order valence-corrected chi connectivity index (χ2v) is 5.55. The predicted molar refractivity (Wildman–Crippen MR) is 79.8 cm³/mol. The number of hydrogen-bond donors (Lipinski definition) is 1. The number of esters is 4. The van der Waals surface area contributed by atoms with Crippen LogP contribution in [-0.2, 0) is 42.9 Å². The van der Waals surface area contributed by atoms with Crippen LogP contribution >= 0.6 is 0 Å². The summed E-state index contributed by atoms with van der Waals surface area (Å²) < 4.78 is 20.2. The van der Waals surface area contributed by atoms with Crippen LogP contribution in [0.1, 0.15) is 34.6 Å². The quantitative estimate of drug-likeness (QED) is 0.390. The summed E-state index contributed by atoms with van der Waals surface area (Å²) in [5, 5.41) is 2.54. The van der Waals surface area contributed by atoms with Gasteiger partial charge in [-0.2, -0.15) is 0 Å². The normalized spacial score (nSPS) is 28.4. The highest BCUT2D eigenvalue weighted by Crippen LogP contribution is 2.27. The Balaban J connectivity index is 3.24. The van der Waals surface area contributed by atoms with E-state index in [1.165, 1.54) is 13.8 Å². The van der Waals surface area contributed by atoms with Crippen LogP contribution in [0.4, 0.5) is 0 Å². The number of ether oxygens (including phenoxy) is 4. The molecule has 0 radical (unpaired) electrons. The molecule has 1 N–H and O–H groups in total. The molecule has 0 spiro atoms. The van der Waals surface area contributed by atoms with E-state index in [0.29, 0.717) is 0 Å². The summed E-state index contributed by atoms with van der Waals surface area (Å²) in [6.45, 7) is 6.00. The van der Waals surface area contributed by atoms with Crippen molar-refractivity contribution in [3.05, 3.63) is 0 Å². The molecule has 0 aromatic heterocycles. The minimum atomic E-state index is -1.50. The maximum absolute atomic E-state index is 12.1. The van der Waals surface area contributed by atoms with Crippen molar-refractivity contribution in [1.82, 2.24) is 5.32 Å². The van der Waals surface area contributed by atoms with Crippen LogP contribution in [0, 0.1) is 0 Å². The van der Waals surface area contributed by atoms with Crippen molar-refractivity contribution in [2.75, 3.05) is 0 Å². The van der Waals surface area contributed by atoms with Gasteiger partial charge in [0.25, 0.3) is 0 Å². The summed E-state index contributed by atoms with van der Waals surface area (Å²) in [7, 11) is 0. The maximum atomic E-state index is 12.1. The number of carbonyl (C=O) groups is 5. The molecule has 5 atom stereocenters. The molecule has 1 aliphatic heterocycles. The highest BCUT2D eigenvalue weighted by atomic mass is 16.6. The van der Waals surface area contributed by atoms with Crippen LogP contribution in [-0.4, -0.2) is 60.2 Å². The number of rotatable bonds is 4. The lowest BCUT2D eigenvalue weighted by molar-refractivity contribution is -0.221. The predicted octanol–water partition coefficient (Wildman–Crippen LogP) is -0.768. The molecule has 0 aromatic rings. The minimum absolute atomic E-state index is 0.441. The molecule has 4 unspecified atom stereocenters. The number of nitrogens with one attached hydrogen (secondary N) is 1. The lowest BCUT2D eigenvalue weighted by Crippen LogP contribution is -2.66. The van der Waals surface area contributed by atoms with Crippen LogP contribution in [0.25, 0.3) is 0 Å². The second-order valence-electron chi connectivity index (χ2n) is 5.55. The third kappa shape index (κ3) is 5.82. The zero-order chi connectivity index (χ0) is 19.3. The first-order valence-corrected chi connectivity index (χ1v) is 7.52. The fourth-order valence-corrected chi connectivity index (χ4v) is 2.51. The van der Waals surface area contributed by atoms with Crippen LogP contribution in [0.5, 0.6) is 0 Å². The van der Waals surface area contributed by atoms with E-state index in [1.807, 2.05) is 0 Å². The minimum Gasteiger partial charge on any atom is -0.456 e. The largest absolute Gasteiger partial charge is 0.456 e. The molecular formula is C15H21NO9. The van der Waals surface area contributed by atoms with Gasteiger partial charge in [-0.15, -0.1) is 0 Å². The first-order chi connectivity index (χ1) is 11.5. The van der Waals surface area contributed by atoms with Crippen molar-refractivity contribution in [1.29, 1.82) is 0 Å². The van der Waals surface area contributed by atoms with Gasteiger partial charge in [0.15, 0.2) is 18.3 Å². The van der Waals surface area contributed by atoms with Crippen LogP contribution in [0.3, 0.4) is 0 Å². The van der Waals surface area contributed by atoms with E-state index in [-0.39, 0.29) is 0 Å². The summed E-state index contributed by atoms with van der Waals surface area (Å²) in [5.41, 5.74) is 0. The maximum Gasteiger partial charge on any atom is 0.346 e. The van der Waals surface area contributed by atoms with Gasteiger partial charge in [-0.25, -0.2) is 4.79 Å². The molecule has 0 bridgehead atoms. The molecule has 1 saturated heterocycles. The van der Waals surface area contributed by atoms with E-state index in [1.54, 1.807) is 0 Å². The second kappa shape index (κ2) is 8.56. The molecule has 25 heavy (non-hydrogen) atoms. The number of hydrogen-bond acceptors (Lipinski definition) is 9. The Morgan fingerprint density at radius 3 is 1.80 bits per heavy atom. The lowest BCUT2D eigenvalue weighted by Gasteiger charge is -2.43. The van der Waals surface area contributed by atoms with E-state index in [9.17, 15) is 24.0 Å². The standard InChI is InChI=1S/C15H21NO9/c1-6-11(16-7(2)17)12(23-8(3)18)13(24-9(4)19)14(22-6)15(21)25-10(5)20/h6,11-14H,1-5H3,(H,16,17)/t6-,11?,12?,13?,14?/m0/s1. The molecule has 1 amide bonds. The molecule has 1 aliphatic rings. The molecule has 1 heterocycles. The molecule has 0 aromatic carbocycles. The zero-order valence-corrected chi connectivity index (χ0v) is 14.6. The fourth-order valence-electron chi connectivity index (χ4n) is 2.51. The zero-order valence-electron chi connectivity index (χ0n) is 14.6. The summed E-state index contributed by atoms with van der Waals surface area (Å²) >= 11 is 0. The van der Waals surface area contributed by atoms with Crippen LogP contribution in [0.15, 0.2) is 0 Å². The first kappa shape index (κ1) is 20.6. The molecular weight excluding hydrogens is 338 g/mol. The van der Waals surface area contributed by atoms with Crippen LogP contribution < -0.4 is 5.32 Å². The molecule has 1 rings (SSSR count). The van der Waals surface area contributed by atoms with Crippen molar-refractivity contribution in [3.8, 4) is 0 Å². The topological polar surface area (TPSA) is 134 Å². The van der Waals surface area contributed by atoms with Gasteiger partial charge in [-0.1, -0.05) is 0 Å². The van der Waals surface area contributed by atoms with Crippen molar-refractivity contribution < 1.29 is 42.9 Å². The third-order valence-corrected chi connectivity index (χ3v) is 3.29. The van der Waals surface area contributed by atoms with Gasteiger partial charge in [0.05, 0.1) is 12.1 Å². The Hall–Kier alpha value is -2.49. The molecule has 10 nitrogen and oxygen atoms in total. The Labute approximate surface area is 144 Å². The number of carbonyl (C=O) groups excluding carboxylic acids is 5. The van der Waals surface area contributed by atoms with Crippen LogP contribution in [0.2, 0.25) is 0 Å². The first-order valence-electron chi connectivity index (χ1n) is 7.52. The fraction of sp³-hybridized carbons (Fsp3) is 0.667. The highest BCUT2D eigenvalue weighted by molar-refractivity contribution is 5.87. The molecule has 10 heteroatoms. The van der Waals surface area contributed by atoms with Gasteiger partial charge < -0.3 is 24.3 Å². The van der Waals surface area contributed by atoms with Gasteiger partial charge in [0.1, 0.15) is 0 Å². The van der Waals surface area contributed by atoms with Gasteiger partial charge in [-0.05, 0) is 6.92 Å². The van der Waals surface area contributed by atoms with Gasteiger partial charge in [0, 0.05) is 27.7 Å². The van der Waals surface area contributed by atoms with E-state index >= 15 is 0 Å². The van der Waals surface area contributed by atoms with Gasteiger partial charge in [0.2, 0.25) is 5.91 Å². The summed E-state index contributed by atoms with van der Waals surface area (Å²) in [6.07, 6.45) is -4.92. The number of amides is 1. The van der Waals surface area contributed by atoms with Crippen molar-refractivity contribution in [2.45, 2.75) is 65.1 Å². The Morgan fingerprint density at radius 2 is 1.36 bits per heavy atom. The van der Waals surface area contributed by atoms with E-state index in [2.05, 4.69) is 10.1 Å². The smallest absolute Gasteiger partial charge is 0.346 e. The summed E-state index contributed by atoms with van der Waals surface area (Å²) in [5.74, 6) is -3.91. The summed E-state index contributed by atoms with van der Waals surface area (Å²) in [4.78, 5) is 57.4. The molecule has 1 fully saturated rings. The Morgan fingerprint density at radius 1 is 0.840 bits per heavy atom. The highest BCUT2D eigenvalue weighted by Gasteiger charge is 2.52. The van der Waals surface area contributed by atoms with E-state index in [0.717, 1.165) is 20.8 Å². The monoisotopic (exact) mass is 359 g/mol. The Bertz CT molecular complexity index is 573. The SMILES string of the molecule is CC(=O)NC1C(OC(C)=O)C(OC(C)=O)C(C(=O)OC(C)=O)O[C@H]1C. The van der Waals surface area contributed by atoms with Crippen molar-refractivity contribution in [3.63, 3.8) is 0 Å². The molecule has 0 saturated carbocycles. The lowest BCUT2D eigenvalue weighted by atomic mass is 9.92. The van der Waals surface area contributed by atoms with E-state index in [4.69, 9.17) is 14.2 Å². The molecule has 0 aliphatic carbocycles. The molecule has 140 valence electrons.